The van der Waals surface area contributed by atoms with Gasteiger partial charge in [0.25, 0.3) is 0 Å². The molecule has 1 aromatic carbocycles. The lowest BCUT2D eigenvalue weighted by atomic mass is 9.69. The van der Waals surface area contributed by atoms with Crippen molar-refractivity contribution in [1.82, 2.24) is 5.32 Å². The zero-order chi connectivity index (χ0) is 15.5. The van der Waals surface area contributed by atoms with Crippen LogP contribution >= 0.6 is 12.4 Å². The van der Waals surface area contributed by atoms with Crippen LogP contribution in [0, 0.1) is 0 Å². The molecule has 0 saturated heterocycles. The summed E-state index contributed by atoms with van der Waals surface area (Å²) in [5, 5.41) is 3.04. The average Bonchev–Trinajstić information content (AvgIpc) is 2.46. The Labute approximate surface area is 140 Å². The third-order valence-corrected chi connectivity index (χ3v) is 4.71. The SMILES string of the molecule is CCCC(N)C(=O)NCC1CCC(C)(C)c2ccccc21.Cl. The van der Waals surface area contributed by atoms with Crippen LogP contribution in [0.1, 0.15) is 63.5 Å². The summed E-state index contributed by atoms with van der Waals surface area (Å²) < 4.78 is 0. The molecule has 124 valence electrons. The minimum Gasteiger partial charge on any atom is -0.354 e. The lowest BCUT2D eigenvalue weighted by molar-refractivity contribution is -0.122. The van der Waals surface area contributed by atoms with Crippen molar-refractivity contribution in [2.24, 2.45) is 5.73 Å². The third kappa shape index (κ3) is 4.23. The number of fused-ring (bicyclic) bond motifs is 1. The molecule has 1 aliphatic carbocycles. The Kier molecular flexibility index (Phi) is 6.89. The first-order chi connectivity index (χ1) is 9.95. The molecule has 2 atom stereocenters. The number of nitrogens with one attached hydrogen (secondary N) is 1. The van der Waals surface area contributed by atoms with Crippen LogP contribution in [-0.2, 0) is 10.2 Å². The largest absolute Gasteiger partial charge is 0.354 e. The highest BCUT2D eigenvalue weighted by atomic mass is 35.5. The van der Waals surface area contributed by atoms with Gasteiger partial charge in [0.15, 0.2) is 0 Å². The second-order valence-electron chi connectivity index (χ2n) is 6.85. The standard InChI is InChI=1S/C18H28N2O.ClH/c1-4-7-16(19)17(21)20-12-13-10-11-18(2,3)15-9-6-5-8-14(13)15;/h5-6,8-9,13,16H,4,7,10-12,19H2,1-3H3,(H,20,21);1H. The van der Waals surface area contributed by atoms with Gasteiger partial charge < -0.3 is 11.1 Å². The molecule has 0 bridgehead atoms. The summed E-state index contributed by atoms with van der Waals surface area (Å²) in [6.45, 7) is 7.35. The van der Waals surface area contributed by atoms with Crippen molar-refractivity contribution in [3.05, 3.63) is 35.4 Å². The van der Waals surface area contributed by atoms with Gasteiger partial charge in [0.1, 0.15) is 0 Å². The van der Waals surface area contributed by atoms with Crippen molar-refractivity contribution in [3.8, 4) is 0 Å². The Morgan fingerprint density at radius 1 is 1.41 bits per heavy atom. The molecule has 0 aliphatic heterocycles. The summed E-state index contributed by atoms with van der Waals surface area (Å²) in [4.78, 5) is 12.0. The van der Waals surface area contributed by atoms with Gasteiger partial charge in [0, 0.05) is 12.5 Å². The number of halogens is 1. The maximum Gasteiger partial charge on any atom is 0.236 e. The summed E-state index contributed by atoms with van der Waals surface area (Å²) in [5.41, 5.74) is 8.91. The minimum absolute atomic E-state index is 0. The number of rotatable bonds is 5. The zero-order valence-electron chi connectivity index (χ0n) is 13.9. The maximum absolute atomic E-state index is 12.0. The fourth-order valence-electron chi connectivity index (χ4n) is 3.30. The highest BCUT2D eigenvalue weighted by Crippen LogP contribution is 2.42. The van der Waals surface area contributed by atoms with Crippen LogP contribution < -0.4 is 11.1 Å². The molecule has 0 saturated carbocycles. The van der Waals surface area contributed by atoms with Crippen LogP contribution in [0.3, 0.4) is 0 Å². The number of carbonyl (C=O) groups is 1. The van der Waals surface area contributed by atoms with Gasteiger partial charge in [-0.15, -0.1) is 12.4 Å². The molecule has 1 aromatic rings. The van der Waals surface area contributed by atoms with Gasteiger partial charge in [-0.2, -0.15) is 0 Å². The van der Waals surface area contributed by atoms with Gasteiger partial charge in [-0.25, -0.2) is 0 Å². The Morgan fingerprint density at radius 3 is 2.77 bits per heavy atom. The first kappa shape index (κ1) is 19.0. The predicted octanol–water partition coefficient (Wildman–Crippen LogP) is 3.51. The van der Waals surface area contributed by atoms with E-state index in [-0.39, 0.29) is 29.8 Å². The van der Waals surface area contributed by atoms with E-state index >= 15 is 0 Å². The Morgan fingerprint density at radius 2 is 2.09 bits per heavy atom. The van der Waals surface area contributed by atoms with Crippen molar-refractivity contribution in [1.29, 1.82) is 0 Å². The molecule has 0 spiro atoms. The predicted molar refractivity (Wildman–Crippen MR) is 94.6 cm³/mol. The maximum atomic E-state index is 12.0. The third-order valence-electron chi connectivity index (χ3n) is 4.71. The molecule has 0 fully saturated rings. The smallest absolute Gasteiger partial charge is 0.236 e. The molecule has 2 rings (SSSR count). The Balaban J connectivity index is 0.00000242. The van der Waals surface area contributed by atoms with E-state index in [1.54, 1.807) is 0 Å². The van der Waals surface area contributed by atoms with Crippen molar-refractivity contribution in [3.63, 3.8) is 0 Å². The number of nitrogens with two attached hydrogens (primary N) is 1. The fourth-order valence-corrected chi connectivity index (χ4v) is 3.30. The minimum atomic E-state index is -0.370. The molecule has 2 unspecified atom stereocenters. The summed E-state index contributed by atoms with van der Waals surface area (Å²) in [5.74, 6) is 0.395. The molecule has 3 N–H and O–H groups in total. The lowest BCUT2D eigenvalue weighted by Crippen LogP contribution is -2.42. The van der Waals surface area contributed by atoms with Crippen molar-refractivity contribution >= 4 is 18.3 Å². The summed E-state index contributed by atoms with van der Waals surface area (Å²) >= 11 is 0. The fraction of sp³-hybridized carbons (Fsp3) is 0.611. The highest BCUT2D eigenvalue weighted by molar-refractivity contribution is 5.85. The number of benzene rings is 1. The summed E-state index contributed by atoms with van der Waals surface area (Å²) in [6.07, 6.45) is 3.97. The molecule has 1 amide bonds. The monoisotopic (exact) mass is 324 g/mol. The summed E-state index contributed by atoms with van der Waals surface area (Å²) in [6, 6.07) is 8.27. The van der Waals surface area contributed by atoms with E-state index in [1.807, 2.05) is 6.92 Å². The normalized spacial score (nSPS) is 20.5. The van der Waals surface area contributed by atoms with Gasteiger partial charge in [-0.05, 0) is 35.8 Å². The molecular formula is C18H29ClN2O. The zero-order valence-corrected chi connectivity index (χ0v) is 14.7. The van der Waals surface area contributed by atoms with Gasteiger partial charge in [0.05, 0.1) is 6.04 Å². The molecule has 0 aromatic heterocycles. The number of hydrogen-bond donors (Lipinski definition) is 2. The Hall–Kier alpha value is -1.06. The average molecular weight is 325 g/mol. The molecule has 4 heteroatoms. The highest BCUT2D eigenvalue weighted by Gasteiger charge is 2.32. The first-order valence-corrected chi connectivity index (χ1v) is 8.08. The van der Waals surface area contributed by atoms with Crippen molar-refractivity contribution in [2.75, 3.05) is 6.54 Å². The van der Waals surface area contributed by atoms with E-state index in [4.69, 9.17) is 5.73 Å². The van der Waals surface area contributed by atoms with E-state index in [1.165, 1.54) is 11.1 Å². The van der Waals surface area contributed by atoms with E-state index in [0.717, 1.165) is 25.7 Å². The molecule has 0 radical (unpaired) electrons. The van der Waals surface area contributed by atoms with Gasteiger partial charge in [-0.1, -0.05) is 51.5 Å². The van der Waals surface area contributed by atoms with E-state index in [9.17, 15) is 4.79 Å². The van der Waals surface area contributed by atoms with Crippen LogP contribution in [-0.4, -0.2) is 18.5 Å². The second kappa shape index (κ2) is 7.98. The molecular weight excluding hydrogens is 296 g/mol. The van der Waals surface area contributed by atoms with E-state index in [2.05, 4.69) is 43.4 Å². The van der Waals surface area contributed by atoms with Crippen LogP contribution in [0.4, 0.5) is 0 Å². The quantitative estimate of drug-likeness (QED) is 0.870. The van der Waals surface area contributed by atoms with Crippen molar-refractivity contribution in [2.45, 2.75) is 63.8 Å². The van der Waals surface area contributed by atoms with Gasteiger partial charge in [-0.3, -0.25) is 4.79 Å². The molecule has 0 heterocycles. The lowest BCUT2D eigenvalue weighted by Gasteiger charge is -2.37. The molecule has 1 aliphatic rings. The van der Waals surface area contributed by atoms with Gasteiger partial charge >= 0.3 is 0 Å². The molecule has 22 heavy (non-hydrogen) atoms. The number of hydrogen-bond acceptors (Lipinski definition) is 2. The van der Waals surface area contributed by atoms with Crippen molar-refractivity contribution < 1.29 is 4.79 Å². The first-order valence-electron chi connectivity index (χ1n) is 8.08. The van der Waals surface area contributed by atoms with Gasteiger partial charge in [0.2, 0.25) is 5.91 Å². The number of carbonyl (C=O) groups excluding carboxylic acids is 1. The Bertz CT molecular complexity index is 502. The van der Waals surface area contributed by atoms with Crippen LogP contribution in [0.15, 0.2) is 24.3 Å². The van der Waals surface area contributed by atoms with Crippen LogP contribution in [0.5, 0.6) is 0 Å². The molecule has 3 nitrogen and oxygen atoms in total. The topological polar surface area (TPSA) is 55.1 Å². The van der Waals surface area contributed by atoms with Crippen LogP contribution in [0.2, 0.25) is 0 Å². The van der Waals surface area contributed by atoms with Crippen LogP contribution in [0.25, 0.3) is 0 Å². The van der Waals surface area contributed by atoms with E-state index in [0.29, 0.717) is 12.5 Å². The second-order valence-corrected chi connectivity index (χ2v) is 6.85. The van der Waals surface area contributed by atoms with E-state index < -0.39 is 0 Å². The summed E-state index contributed by atoms with van der Waals surface area (Å²) in [7, 11) is 0. The number of amides is 1.